The summed E-state index contributed by atoms with van der Waals surface area (Å²) in [4.78, 5) is 44.5. The Morgan fingerprint density at radius 3 is 1.00 bits per heavy atom. The van der Waals surface area contributed by atoms with Crippen LogP contribution in [-0.4, -0.2) is 39.4 Å². The van der Waals surface area contributed by atoms with Crippen LogP contribution >= 0.6 is 0 Å². The molecule has 0 saturated carbocycles. The van der Waals surface area contributed by atoms with E-state index in [0.29, 0.717) is 9.81 Å². The molecule has 5 rings (SSSR count). The normalized spacial score (nSPS) is 11.9. The van der Waals surface area contributed by atoms with Crippen molar-refractivity contribution in [3.05, 3.63) is 168 Å². The van der Waals surface area contributed by atoms with Crippen LogP contribution in [0.4, 0.5) is 22.7 Å². The topological polar surface area (TPSA) is 191 Å². The molecule has 0 N–H and O–H groups in total. The van der Waals surface area contributed by atoms with Crippen LogP contribution in [0, 0.1) is 40.5 Å². The fourth-order valence-electron chi connectivity index (χ4n) is 4.93. The molecule has 0 spiro atoms. The van der Waals surface area contributed by atoms with E-state index < -0.39 is 62.1 Å². The van der Waals surface area contributed by atoms with E-state index >= 15 is 0 Å². The summed E-state index contributed by atoms with van der Waals surface area (Å²) in [5.41, 5.74) is -2.60. The summed E-state index contributed by atoms with van der Waals surface area (Å²) in [6, 6.07) is 31.0. The molecule has 226 valence electrons. The van der Waals surface area contributed by atoms with Crippen LogP contribution in [0.3, 0.4) is 0 Å². The van der Waals surface area contributed by atoms with Crippen molar-refractivity contribution in [1.82, 2.24) is 0 Å². The summed E-state index contributed by atoms with van der Waals surface area (Å²) in [6.07, 6.45) is 0. The van der Waals surface area contributed by atoms with Crippen molar-refractivity contribution >= 4 is 52.2 Å². The van der Waals surface area contributed by atoms with Gasteiger partial charge < -0.3 is 0 Å². The second-order valence-electron chi connectivity index (χ2n) is 9.48. The Bertz CT molecular complexity index is 1760. The van der Waals surface area contributed by atoms with E-state index in [9.17, 15) is 40.5 Å². The Hall–Kier alpha value is -5.82. The summed E-state index contributed by atoms with van der Waals surface area (Å²) in [7, 11) is 0. The van der Waals surface area contributed by atoms with Crippen LogP contribution in [-0.2, 0) is 0 Å². The van der Waals surface area contributed by atoms with Crippen LogP contribution in [0.25, 0.3) is 0 Å². The summed E-state index contributed by atoms with van der Waals surface area (Å²) in [6.45, 7) is 0. The van der Waals surface area contributed by atoms with Gasteiger partial charge in [0.25, 0.3) is 0 Å². The van der Waals surface area contributed by atoms with Gasteiger partial charge in [-0.15, -0.1) is 0 Å². The van der Waals surface area contributed by atoms with Crippen molar-refractivity contribution in [2.24, 2.45) is 0 Å². The standard InChI is InChI=1S/2C6H4N2O5.3C6H5.Bi/c2*9-6-2-1-4(7(10)11)3-5(6)8(12)13;3*1-2-4-6-5-3-1;/h2*1-3,9H;3*1-5H;/q;;;;;+2/p-2. The molecule has 0 aromatic heterocycles. The predicted octanol–water partition coefficient (Wildman–Crippen LogP) is 4.90. The Labute approximate surface area is 256 Å². The first-order valence-corrected chi connectivity index (χ1v) is 21.1. The van der Waals surface area contributed by atoms with Gasteiger partial charge in [-0.2, -0.15) is 0 Å². The maximum absolute atomic E-state index is 12.3. The Morgan fingerprint density at radius 1 is 0.422 bits per heavy atom. The molecule has 0 aliphatic rings. The van der Waals surface area contributed by atoms with Crippen molar-refractivity contribution in [2.45, 2.75) is 0 Å². The van der Waals surface area contributed by atoms with Crippen molar-refractivity contribution in [3.8, 4) is 11.5 Å². The number of rotatable bonds is 11. The zero-order valence-corrected chi connectivity index (χ0v) is 26.4. The van der Waals surface area contributed by atoms with E-state index in [1.165, 1.54) is 0 Å². The minimum absolute atomic E-state index is 0.389. The fraction of sp³-hybridized carbons (Fsp3) is 0. The molecule has 0 bridgehead atoms. The molecule has 0 atom stereocenters. The third-order valence-corrected chi connectivity index (χ3v) is 25.6. The summed E-state index contributed by atoms with van der Waals surface area (Å²) in [5, 5.41) is 47.7. The Morgan fingerprint density at radius 2 is 0.733 bits per heavy atom. The van der Waals surface area contributed by atoms with Crippen molar-refractivity contribution in [3.63, 3.8) is 0 Å². The number of nitro benzene ring substituents is 4. The maximum atomic E-state index is 12.3. The fourth-order valence-corrected chi connectivity index (χ4v) is 23.5. The summed E-state index contributed by atoms with van der Waals surface area (Å²) in [5.74, 6) is -0.779. The average molecular weight is 806 g/mol. The zero-order valence-electron chi connectivity index (χ0n) is 22.9. The van der Waals surface area contributed by atoms with Crippen molar-refractivity contribution in [1.29, 1.82) is 0 Å². The van der Waals surface area contributed by atoms with Crippen LogP contribution in [0.5, 0.6) is 11.5 Å². The number of nitrogens with zero attached hydrogens (tertiary/aromatic N) is 4. The summed E-state index contributed by atoms with van der Waals surface area (Å²) >= 11 is -6.65. The molecular weight excluding hydrogens is 785 g/mol. The van der Waals surface area contributed by atoms with E-state index in [4.69, 9.17) is 5.63 Å². The van der Waals surface area contributed by atoms with Gasteiger partial charge in [0, 0.05) is 0 Å². The number of hydrogen-bond acceptors (Lipinski definition) is 10. The third-order valence-electron chi connectivity index (χ3n) is 6.92. The number of nitro groups is 4. The Balaban J connectivity index is 1.99. The first-order valence-electron chi connectivity index (χ1n) is 13.0. The van der Waals surface area contributed by atoms with Crippen molar-refractivity contribution < 1.29 is 25.3 Å². The Kier molecular flexibility index (Phi) is 8.20. The van der Waals surface area contributed by atoms with Gasteiger partial charge in [0.15, 0.2) is 0 Å². The molecule has 0 amide bonds. The van der Waals surface area contributed by atoms with Crippen LogP contribution in [0.15, 0.2) is 127 Å². The van der Waals surface area contributed by atoms with Gasteiger partial charge in [0.05, 0.1) is 0 Å². The molecule has 0 fully saturated rings. The van der Waals surface area contributed by atoms with Gasteiger partial charge in [-0.25, -0.2) is 0 Å². The molecule has 0 aliphatic heterocycles. The molecule has 0 saturated heterocycles. The minimum atomic E-state index is -6.65. The van der Waals surface area contributed by atoms with Crippen LogP contribution < -0.4 is 15.4 Å². The molecular formula is C30H21BiN4O10. The average Bonchev–Trinajstić information content (AvgIpc) is 3.05. The van der Waals surface area contributed by atoms with Gasteiger partial charge >= 0.3 is 257 Å². The van der Waals surface area contributed by atoms with E-state index in [1.807, 2.05) is 0 Å². The van der Waals surface area contributed by atoms with Gasteiger partial charge in [-0.3, -0.25) is 0 Å². The molecule has 14 nitrogen and oxygen atoms in total. The monoisotopic (exact) mass is 806 g/mol. The van der Waals surface area contributed by atoms with Gasteiger partial charge in [0.1, 0.15) is 0 Å². The summed E-state index contributed by atoms with van der Waals surface area (Å²) < 4.78 is 15.1. The molecule has 0 heterocycles. The quantitative estimate of drug-likeness (QED) is 0.101. The molecule has 5 aromatic carbocycles. The van der Waals surface area contributed by atoms with E-state index in [0.717, 1.165) is 36.4 Å². The number of non-ortho nitro benzene ring substituents is 2. The first kappa shape index (κ1) is 30.6. The predicted molar refractivity (Wildman–Crippen MR) is 165 cm³/mol. The molecule has 15 heteroatoms. The number of hydrogen-bond donors (Lipinski definition) is 0. The molecule has 0 aliphatic carbocycles. The van der Waals surface area contributed by atoms with Gasteiger partial charge in [-0.1, -0.05) is 0 Å². The van der Waals surface area contributed by atoms with Crippen LogP contribution in [0.1, 0.15) is 0 Å². The van der Waals surface area contributed by atoms with Gasteiger partial charge in [0.2, 0.25) is 0 Å². The van der Waals surface area contributed by atoms with Crippen LogP contribution in [0.2, 0.25) is 0 Å². The molecule has 45 heavy (non-hydrogen) atoms. The van der Waals surface area contributed by atoms with E-state index in [-0.39, 0.29) is 11.5 Å². The zero-order chi connectivity index (χ0) is 32.2. The van der Waals surface area contributed by atoms with E-state index in [2.05, 4.69) is 0 Å². The first-order chi connectivity index (χ1) is 21.6. The molecule has 5 aromatic rings. The SMILES string of the molecule is O=[N+]([O-])c1ccc([O][Bi]([O]c2ccc([N+](=O)[O-])cc2[N+](=O)[O-])([c]2ccccc2)([c]2ccccc2)[c]2ccccc2)c([N+](=O)[O-])c1. The number of benzene rings is 5. The van der Waals surface area contributed by atoms with Crippen molar-refractivity contribution in [2.75, 3.05) is 0 Å². The third kappa shape index (κ3) is 5.40. The van der Waals surface area contributed by atoms with E-state index in [1.54, 1.807) is 91.0 Å². The molecule has 0 unspecified atom stereocenters. The van der Waals surface area contributed by atoms with Gasteiger partial charge in [-0.05, 0) is 0 Å². The molecule has 0 radical (unpaired) electrons. The second kappa shape index (κ2) is 12.1. The second-order valence-corrected chi connectivity index (χ2v) is 24.4.